The van der Waals surface area contributed by atoms with Gasteiger partial charge in [0, 0.05) is 17.1 Å². The van der Waals surface area contributed by atoms with Gasteiger partial charge < -0.3 is 4.90 Å². The maximum atomic E-state index is 2.50. The molecule has 0 N–H and O–H groups in total. The van der Waals surface area contributed by atoms with Crippen molar-refractivity contribution in [2.24, 2.45) is 0 Å². The van der Waals surface area contributed by atoms with Crippen molar-refractivity contribution < 1.29 is 0 Å². The van der Waals surface area contributed by atoms with E-state index in [1.165, 1.54) is 164 Å². The Labute approximate surface area is 492 Å². The molecule has 0 bridgehead atoms. The lowest BCUT2D eigenvalue weighted by Gasteiger charge is -2.38. The van der Waals surface area contributed by atoms with Gasteiger partial charge in [-0.25, -0.2) is 0 Å². The summed E-state index contributed by atoms with van der Waals surface area (Å²) >= 11 is 0. The molecule has 18 rings (SSSR count). The highest BCUT2D eigenvalue weighted by Crippen LogP contribution is 2.52. The molecule has 0 spiro atoms. The second-order valence-electron chi connectivity index (χ2n) is 22.9. The van der Waals surface area contributed by atoms with Gasteiger partial charge in [0.05, 0.1) is 0 Å². The van der Waals surface area contributed by atoms with Crippen LogP contribution >= 0.6 is 0 Å². The molecule has 15 aromatic rings. The Morgan fingerprint density at radius 2 is 0.341 bits per heavy atom. The summed E-state index contributed by atoms with van der Waals surface area (Å²) in [7, 11) is 0. The monoisotopic (exact) mass is 1070 g/mol. The highest BCUT2D eigenvalue weighted by molar-refractivity contribution is 6.26. The topological polar surface area (TPSA) is 3.24 Å². The Bertz CT molecular complexity index is 4910. The fraction of sp³-hybridized carbons (Fsp3) is 0. The van der Waals surface area contributed by atoms with Gasteiger partial charge in [0.1, 0.15) is 0 Å². The smallest absolute Gasteiger partial charge is 0.0474 e. The molecule has 85 heavy (non-hydrogen) atoms. The lowest BCUT2D eigenvalue weighted by molar-refractivity contribution is 0.567. The van der Waals surface area contributed by atoms with Gasteiger partial charge in [-0.1, -0.05) is 273 Å². The van der Waals surface area contributed by atoms with Crippen molar-refractivity contribution in [1.29, 1.82) is 0 Å². The maximum Gasteiger partial charge on any atom is 0.0474 e. The Hall–Kier alpha value is -11.1. The summed E-state index contributed by atoms with van der Waals surface area (Å²) in [6, 6.07) is 101. The Balaban J connectivity index is 0.932. The molecule has 0 amide bonds. The van der Waals surface area contributed by atoms with Crippen LogP contribution in [0.15, 0.2) is 327 Å². The second-order valence-corrected chi connectivity index (χ2v) is 22.9. The fourth-order valence-corrected chi connectivity index (χ4v) is 15.0. The summed E-state index contributed by atoms with van der Waals surface area (Å²) in [6.07, 6.45) is 14.8. The molecule has 3 aliphatic rings. The SMILES string of the molecule is C1=C(c2c3ccccc3c(-c3cccc4ccccc34)c3ccccc23)C=C2C=C(c3c4ccccc4c(-c4cccc5ccccc45)c4ccccc34)C=C3C=C(c4c5ccccc5c(-c5cccc6ccccc56)c5ccccc45)C=C1N23. The van der Waals surface area contributed by atoms with Gasteiger partial charge in [-0.3, -0.25) is 0 Å². The maximum absolute atomic E-state index is 2.50. The van der Waals surface area contributed by atoms with Crippen molar-refractivity contribution in [1.82, 2.24) is 4.90 Å². The van der Waals surface area contributed by atoms with E-state index in [4.69, 9.17) is 0 Å². The third-order valence-electron chi connectivity index (χ3n) is 18.4. The largest absolute Gasteiger partial charge is 0.310 e. The number of hydrogen-bond donors (Lipinski definition) is 0. The van der Waals surface area contributed by atoms with Crippen LogP contribution in [-0.2, 0) is 0 Å². The van der Waals surface area contributed by atoms with E-state index < -0.39 is 0 Å². The minimum atomic E-state index is 1.13. The van der Waals surface area contributed by atoms with Crippen LogP contribution in [0.1, 0.15) is 16.7 Å². The molecule has 15 aromatic carbocycles. The molecule has 0 aliphatic carbocycles. The second kappa shape index (κ2) is 18.7. The van der Waals surface area contributed by atoms with Crippen LogP contribution in [0, 0.1) is 0 Å². The Morgan fingerprint density at radius 3 is 0.576 bits per heavy atom. The van der Waals surface area contributed by atoms with E-state index >= 15 is 0 Å². The first kappa shape index (κ1) is 47.5. The molecular formula is C84H51N. The van der Waals surface area contributed by atoms with Crippen LogP contribution < -0.4 is 0 Å². The zero-order valence-electron chi connectivity index (χ0n) is 46.4. The number of rotatable bonds is 6. The number of nitrogens with zero attached hydrogens (tertiary/aromatic N) is 1. The molecule has 1 nitrogen and oxygen atoms in total. The third kappa shape index (κ3) is 7.18. The molecule has 0 saturated heterocycles. The minimum Gasteiger partial charge on any atom is -0.310 e. The number of benzene rings is 15. The highest BCUT2D eigenvalue weighted by atomic mass is 15.2. The van der Waals surface area contributed by atoms with E-state index in [1.54, 1.807) is 0 Å². The molecule has 0 radical (unpaired) electrons. The summed E-state index contributed by atoms with van der Waals surface area (Å²) in [5.74, 6) is 0. The summed E-state index contributed by atoms with van der Waals surface area (Å²) in [6.45, 7) is 0. The predicted octanol–water partition coefficient (Wildman–Crippen LogP) is 22.6. The molecule has 0 saturated carbocycles. The molecule has 0 fully saturated rings. The lowest BCUT2D eigenvalue weighted by atomic mass is 9.81. The van der Waals surface area contributed by atoms with Crippen LogP contribution in [0.3, 0.4) is 0 Å². The number of hydrogen-bond acceptors (Lipinski definition) is 1. The predicted molar refractivity (Wildman–Crippen MR) is 363 cm³/mol. The summed E-state index contributed by atoms with van der Waals surface area (Å²) < 4.78 is 0. The molecule has 3 aliphatic heterocycles. The van der Waals surface area contributed by atoms with Gasteiger partial charge in [0.15, 0.2) is 0 Å². The Morgan fingerprint density at radius 1 is 0.153 bits per heavy atom. The van der Waals surface area contributed by atoms with E-state index in [9.17, 15) is 0 Å². The van der Waals surface area contributed by atoms with Gasteiger partial charge in [-0.2, -0.15) is 0 Å². The first-order valence-corrected chi connectivity index (χ1v) is 29.6. The minimum absolute atomic E-state index is 1.13. The molecule has 0 aromatic heterocycles. The average Bonchev–Trinajstić information content (AvgIpc) is 1.36. The van der Waals surface area contributed by atoms with Crippen molar-refractivity contribution in [3.05, 3.63) is 343 Å². The van der Waals surface area contributed by atoms with Crippen LogP contribution in [-0.4, -0.2) is 4.90 Å². The Kier molecular flexibility index (Phi) is 10.5. The molecular weight excluding hydrogens is 1020 g/mol. The zero-order valence-corrected chi connectivity index (χ0v) is 46.4. The molecule has 1 heteroatoms. The third-order valence-corrected chi connectivity index (χ3v) is 18.4. The summed E-state index contributed by atoms with van der Waals surface area (Å²) in [5, 5.41) is 22.3. The van der Waals surface area contributed by atoms with E-state index in [0.717, 1.165) is 17.1 Å². The van der Waals surface area contributed by atoms with E-state index in [2.05, 4.69) is 314 Å². The number of fused-ring (bicyclic) bond motifs is 9. The van der Waals surface area contributed by atoms with E-state index in [0.29, 0.717) is 0 Å². The molecule has 3 heterocycles. The zero-order chi connectivity index (χ0) is 55.7. The van der Waals surface area contributed by atoms with Crippen molar-refractivity contribution in [2.45, 2.75) is 0 Å². The van der Waals surface area contributed by atoms with Gasteiger partial charge in [0.2, 0.25) is 0 Å². The average molecular weight is 1070 g/mol. The van der Waals surface area contributed by atoms with Crippen molar-refractivity contribution in [3.8, 4) is 33.4 Å². The molecule has 0 atom stereocenters. The van der Waals surface area contributed by atoms with Gasteiger partial charge in [0.25, 0.3) is 0 Å². The van der Waals surface area contributed by atoms with Crippen molar-refractivity contribution in [2.75, 3.05) is 0 Å². The van der Waals surface area contributed by atoms with Gasteiger partial charge >= 0.3 is 0 Å². The van der Waals surface area contributed by atoms with Crippen LogP contribution in [0.4, 0.5) is 0 Å². The van der Waals surface area contributed by atoms with Crippen molar-refractivity contribution in [3.63, 3.8) is 0 Å². The summed E-state index contributed by atoms with van der Waals surface area (Å²) in [5.41, 5.74) is 18.1. The molecule has 0 unspecified atom stereocenters. The number of allylic oxidation sites excluding steroid dienone is 9. The highest BCUT2D eigenvalue weighted by Gasteiger charge is 2.32. The standard InChI is InChI=1S/C84H51N/c1-4-28-61-52(22-1)25-19-43-64(61)82-73-37-13-7-31-67(73)79(68-32-8-14-38-74(68)82)55-46-58-48-56(80-69-33-9-15-39-75(69)83(76-40-16-10-34-70(76)80)65-44-20-26-53-23-2-5-29-62(53)65)50-60-51-57(49-59(47-55)85(58)60)81-71-35-11-17-41-77(71)84(78-42-18-12-36-72(78)81)66-45-21-27-54-24-3-6-30-63(54)66/h1-51H. The normalized spacial score (nSPS) is 14.0. The van der Waals surface area contributed by atoms with Crippen molar-refractivity contribution >= 4 is 114 Å². The van der Waals surface area contributed by atoms with E-state index in [1.807, 2.05) is 0 Å². The quantitative estimate of drug-likeness (QED) is 0.150. The van der Waals surface area contributed by atoms with Gasteiger partial charge in [-0.15, -0.1) is 0 Å². The fourth-order valence-electron chi connectivity index (χ4n) is 15.0. The van der Waals surface area contributed by atoms with Crippen LogP contribution in [0.25, 0.3) is 147 Å². The van der Waals surface area contributed by atoms with E-state index in [-0.39, 0.29) is 0 Å². The first-order valence-electron chi connectivity index (χ1n) is 29.6. The molecule has 392 valence electrons. The summed E-state index contributed by atoms with van der Waals surface area (Å²) in [4.78, 5) is 2.50. The van der Waals surface area contributed by atoms with Crippen LogP contribution in [0.2, 0.25) is 0 Å². The van der Waals surface area contributed by atoms with Gasteiger partial charge in [-0.05, 0) is 200 Å². The van der Waals surface area contributed by atoms with Crippen LogP contribution in [0.5, 0.6) is 0 Å². The lowest BCUT2D eigenvalue weighted by Crippen LogP contribution is -2.26. The first-order chi connectivity index (χ1) is 42.2.